The minimum absolute atomic E-state index is 0.241. The Bertz CT molecular complexity index is 1070. The third-order valence-electron chi connectivity index (χ3n) is 5.30. The summed E-state index contributed by atoms with van der Waals surface area (Å²) in [6, 6.07) is 14.4. The van der Waals surface area contributed by atoms with E-state index in [1.54, 1.807) is 13.4 Å². The molecule has 4 aromatic rings. The second-order valence-corrected chi connectivity index (χ2v) is 6.94. The summed E-state index contributed by atoms with van der Waals surface area (Å²) in [6.07, 6.45) is 5.85. The quantitative estimate of drug-likeness (QED) is 0.608. The van der Waals surface area contributed by atoms with Crippen molar-refractivity contribution in [2.45, 2.75) is 19.0 Å². The normalized spacial score (nSPS) is 17.1. The standard InChI is InChI=1S/C21H21N5O/c1-27-17-7-5-15(6-8-17)18-12-25(13-19-21(18)24-14-23-19)11-16-10-22-20-4-2-3-9-26(16)20/h2-10,14,18H,11-13H2,1H3,(H,23,24). The van der Waals surface area contributed by atoms with E-state index in [-0.39, 0.29) is 5.92 Å². The zero-order valence-electron chi connectivity index (χ0n) is 15.2. The largest absolute Gasteiger partial charge is 0.497 e. The van der Waals surface area contributed by atoms with Crippen molar-refractivity contribution >= 4 is 5.65 Å². The number of pyridine rings is 1. The van der Waals surface area contributed by atoms with Gasteiger partial charge in [0, 0.05) is 31.7 Å². The Hall–Kier alpha value is -3.12. The molecule has 0 radical (unpaired) electrons. The lowest BCUT2D eigenvalue weighted by atomic mass is 9.91. The first kappa shape index (κ1) is 16.1. The molecule has 0 aliphatic carbocycles. The number of methoxy groups -OCH3 is 1. The van der Waals surface area contributed by atoms with Gasteiger partial charge < -0.3 is 14.1 Å². The molecule has 0 fully saturated rings. The molecule has 6 heteroatoms. The number of aromatic nitrogens is 4. The summed E-state index contributed by atoms with van der Waals surface area (Å²) < 4.78 is 7.46. The Morgan fingerprint density at radius 2 is 2.04 bits per heavy atom. The van der Waals surface area contributed by atoms with Gasteiger partial charge in [-0.15, -0.1) is 0 Å². The highest BCUT2D eigenvalue weighted by Gasteiger charge is 2.29. The predicted octanol–water partition coefficient (Wildman–Crippen LogP) is 3.21. The number of imidazole rings is 2. The lowest BCUT2D eigenvalue weighted by Crippen LogP contribution is -2.34. The Balaban J connectivity index is 1.45. The number of aromatic amines is 1. The second kappa shape index (κ2) is 6.55. The van der Waals surface area contributed by atoms with Gasteiger partial charge in [-0.2, -0.15) is 0 Å². The molecule has 1 aromatic carbocycles. The van der Waals surface area contributed by atoms with Crippen LogP contribution in [0.2, 0.25) is 0 Å². The molecule has 0 saturated carbocycles. The number of H-pyrrole nitrogens is 1. The Morgan fingerprint density at radius 1 is 1.15 bits per heavy atom. The third-order valence-corrected chi connectivity index (χ3v) is 5.30. The molecule has 1 aliphatic rings. The van der Waals surface area contributed by atoms with Crippen molar-refractivity contribution in [3.8, 4) is 5.75 Å². The molecular weight excluding hydrogens is 338 g/mol. The summed E-state index contributed by atoms with van der Waals surface area (Å²) in [4.78, 5) is 14.9. The van der Waals surface area contributed by atoms with Crippen LogP contribution < -0.4 is 4.74 Å². The number of ether oxygens (including phenoxy) is 1. The first-order valence-corrected chi connectivity index (χ1v) is 9.11. The van der Waals surface area contributed by atoms with Gasteiger partial charge in [-0.1, -0.05) is 18.2 Å². The molecule has 5 rings (SSSR count). The van der Waals surface area contributed by atoms with Crippen molar-refractivity contribution in [2.75, 3.05) is 13.7 Å². The van der Waals surface area contributed by atoms with Crippen molar-refractivity contribution in [3.05, 3.63) is 83.8 Å². The molecule has 4 heterocycles. The van der Waals surface area contributed by atoms with E-state index in [2.05, 4.69) is 42.6 Å². The van der Waals surface area contributed by atoms with Gasteiger partial charge in [-0.25, -0.2) is 9.97 Å². The fourth-order valence-electron chi connectivity index (χ4n) is 3.94. The van der Waals surface area contributed by atoms with Crippen LogP contribution in [0.15, 0.2) is 61.2 Å². The van der Waals surface area contributed by atoms with Crippen LogP contribution in [0, 0.1) is 0 Å². The molecule has 3 aromatic heterocycles. The highest BCUT2D eigenvalue weighted by Crippen LogP contribution is 2.33. The molecule has 27 heavy (non-hydrogen) atoms. The zero-order valence-corrected chi connectivity index (χ0v) is 15.2. The first-order valence-electron chi connectivity index (χ1n) is 9.11. The maximum atomic E-state index is 5.30. The van der Waals surface area contributed by atoms with E-state index >= 15 is 0 Å². The molecule has 136 valence electrons. The molecule has 0 spiro atoms. The van der Waals surface area contributed by atoms with Crippen molar-refractivity contribution < 1.29 is 4.74 Å². The zero-order chi connectivity index (χ0) is 18.2. The van der Waals surface area contributed by atoms with Crippen LogP contribution in [-0.2, 0) is 13.1 Å². The van der Waals surface area contributed by atoms with E-state index in [9.17, 15) is 0 Å². The van der Waals surface area contributed by atoms with E-state index in [0.29, 0.717) is 0 Å². The molecule has 6 nitrogen and oxygen atoms in total. The fourth-order valence-corrected chi connectivity index (χ4v) is 3.94. The molecule has 0 saturated heterocycles. The van der Waals surface area contributed by atoms with E-state index in [0.717, 1.165) is 36.7 Å². The Kier molecular flexibility index (Phi) is 3.90. The Labute approximate surface area is 157 Å². The molecule has 1 N–H and O–H groups in total. The van der Waals surface area contributed by atoms with E-state index in [1.807, 2.05) is 36.5 Å². The second-order valence-electron chi connectivity index (χ2n) is 6.94. The molecule has 0 amide bonds. The van der Waals surface area contributed by atoms with Crippen molar-refractivity contribution in [2.24, 2.45) is 0 Å². The monoisotopic (exact) mass is 359 g/mol. The molecule has 0 bridgehead atoms. The molecular formula is C21H21N5O. The number of fused-ring (bicyclic) bond motifs is 2. The van der Waals surface area contributed by atoms with Crippen LogP contribution in [0.3, 0.4) is 0 Å². The molecule has 1 aliphatic heterocycles. The summed E-state index contributed by atoms with van der Waals surface area (Å²) in [7, 11) is 1.69. The number of nitrogens with zero attached hydrogens (tertiary/aromatic N) is 4. The number of hydrogen-bond donors (Lipinski definition) is 1. The van der Waals surface area contributed by atoms with Crippen molar-refractivity contribution in [1.82, 2.24) is 24.3 Å². The average molecular weight is 359 g/mol. The first-order chi connectivity index (χ1) is 13.3. The maximum absolute atomic E-state index is 5.30. The van der Waals surface area contributed by atoms with E-state index in [1.165, 1.54) is 17.0 Å². The van der Waals surface area contributed by atoms with Gasteiger partial charge >= 0.3 is 0 Å². The summed E-state index contributed by atoms with van der Waals surface area (Å²) in [5, 5.41) is 0. The van der Waals surface area contributed by atoms with Gasteiger partial charge in [0.1, 0.15) is 11.4 Å². The summed E-state index contributed by atoms with van der Waals surface area (Å²) in [6.45, 7) is 2.63. The van der Waals surface area contributed by atoms with Crippen LogP contribution in [0.5, 0.6) is 5.75 Å². The Morgan fingerprint density at radius 3 is 2.89 bits per heavy atom. The average Bonchev–Trinajstić information content (AvgIpc) is 3.35. The van der Waals surface area contributed by atoms with Crippen molar-refractivity contribution in [1.29, 1.82) is 0 Å². The van der Waals surface area contributed by atoms with E-state index in [4.69, 9.17) is 4.74 Å². The lowest BCUT2D eigenvalue weighted by Gasteiger charge is -2.32. The summed E-state index contributed by atoms with van der Waals surface area (Å²) in [5.74, 6) is 1.12. The van der Waals surface area contributed by atoms with Gasteiger partial charge in [0.25, 0.3) is 0 Å². The van der Waals surface area contributed by atoms with Gasteiger partial charge in [0.15, 0.2) is 0 Å². The third kappa shape index (κ3) is 2.88. The maximum Gasteiger partial charge on any atom is 0.136 e. The fraction of sp³-hybridized carbons (Fsp3) is 0.238. The van der Waals surface area contributed by atoms with Crippen LogP contribution in [0.4, 0.5) is 0 Å². The highest BCUT2D eigenvalue weighted by atomic mass is 16.5. The van der Waals surface area contributed by atoms with E-state index < -0.39 is 0 Å². The SMILES string of the molecule is COc1ccc(C2CN(Cc3cnc4ccccn34)Cc3[nH]cnc32)cc1. The topological polar surface area (TPSA) is 58.5 Å². The number of hydrogen-bond acceptors (Lipinski definition) is 4. The summed E-state index contributed by atoms with van der Waals surface area (Å²) in [5.41, 5.74) is 5.78. The van der Waals surface area contributed by atoms with Crippen LogP contribution in [-0.4, -0.2) is 37.9 Å². The molecule has 1 atom stereocenters. The highest BCUT2D eigenvalue weighted by molar-refractivity contribution is 5.40. The minimum Gasteiger partial charge on any atom is -0.497 e. The van der Waals surface area contributed by atoms with Crippen molar-refractivity contribution in [3.63, 3.8) is 0 Å². The van der Waals surface area contributed by atoms with Gasteiger partial charge in [0.05, 0.1) is 36.7 Å². The van der Waals surface area contributed by atoms with Gasteiger partial charge in [-0.05, 0) is 29.8 Å². The van der Waals surface area contributed by atoms with Crippen LogP contribution >= 0.6 is 0 Å². The smallest absolute Gasteiger partial charge is 0.136 e. The number of benzene rings is 1. The number of nitrogens with one attached hydrogen (secondary N) is 1. The van der Waals surface area contributed by atoms with Gasteiger partial charge in [-0.3, -0.25) is 4.90 Å². The van der Waals surface area contributed by atoms with Gasteiger partial charge in [0.2, 0.25) is 0 Å². The molecule has 1 unspecified atom stereocenters. The van der Waals surface area contributed by atoms with Crippen LogP contribution in [0.25, 0.3) is 5.65 Å². The minimum atomic E-state index is 0.241. The lowest BCUT2D eigenvalue weighted by molar-refractivity contribution is 0.224. The van der Waals surface area contributed by atoms with Crippen LogP contribution in [0.1, 0.15) is 28.6 Å². The predicted molar refractivity (Wildman–Crippen MR) is 103 cm³/mol. The number of rotatable bonds is 4. The summed E-state index contributed by atoms with van der Waals surface area (Å²) >= 11 is 0.